The van der Waals surface area contributed by atoms with Gasteiger partial charge in [-0.2, -0.15) is 0 Å². The number of halogens is 2. The summed E-state index contributed by atoms with van der Waals surface area (Å²) in [7, 11) is 0. The molecule has 1 amide bonds. The highest BCUT2D eigenvalue weighted by molar-refractivity contribution is 9.10. The van der Waals surface area contributed by atoms with Crippen molar-refractivity contribution in [2.24, 2.45) is 11.3 Å². The molecule has 2 fully saturated rings. The van der Waals surface area contributed by atoms with Gasteiger partial charge in [0.15, 0.2) is 11.5 Å². The van der Waals surface area contributed by atoms with Crippen molar-refractivity contribution in [2.45, 2.75) is 32.2 Å². The molecule has 0 unspecified atom stereocenters. The SMILES string of the molecule is Cl.O=C(NCc1cc(Br)c2c(c1)OCCO2)[C@@]12CCCC[C@H]1CNC2. The quantitative estimate of drug-likeness (QED) is 0.772. The van der Waals surface area contributed by atoms with Gasteiger partial charge in [-0.25, -0.2) is 0 Å². The third-order valence-electron chi connectivity index (χ3n) is 5.60. The van der Waals surface area contributed by atoms with Gasteiger partial charge in [-0.1, -0.05) is 12.8 Å². The predicted molar refractivity (Wildman–Crippen MR) is 101 cm³/mol. The fourth-order valence-corrected chi connectivity index (χ4v) is 4.92. The average Bonchev–Trinajstić information content (AvgIpc) is 3.05. The number of carbonyl (C=O) groups is 1. The van der Waals surface area contributed by atoms with E-state index in [1.54, 1.807) is 0 Å². The first kappa shape index (κ1) is 18.8. The Hall–Kier alpha value is -0.980. The van der Waals surface area contributed by atoms with Gasteiger partial charge in [-0.15, -0.1) is 12.4 Å². The summed E-state index contributed by atoms with van der Waals surface area (Å²) in [5.41, 5.74) is 0.817. The van der Waals surface area contributed by atoms with Crippen LogP contribution >= 0.6 is 28.3 Å². The van der Waals surface area contributed by atoms with Gasteiger partial charge in [0.05, 0.1) is 9.89 Å². The summed E-state index contributed by atoms with van der Waals surface area (Å²) in [5, 5.41) is 6.60. The Kier molecular flexibility index (Phi) is 5.81. The van der Waals surface area contributed by atoms with Gasteiger partial charge < -0.3 is 20.1 Å². The standard InChI is InChI=1S/C18H23BrN2O3.ClH/c19-14-7-12(8-15-16(14)24-6-5-23-15)9-21-17(22)18-4-2-1-3-13(18)10-20-11-18;/h7-8,13,20H,1-6,9-11H2,(H,21,22);1H/t13-,18+;/m0./s1. The minimum absolute atomic E-state index is 0. The summed E-state index contributed by atoms with van der Waals surface area (Å²) in [4.78, 5) is 12.9. The lowest BCUT2D eigenvalue weighted by Gasteiger charge is -2.37. The first-order valence-corrected chi connectivity index (χ1v) is 9.55. The lowest BCUT2D eigenvalue weighted by atomic mass is 9.67. The summed E-state index contributed by atoms with van der Waals surface area (Å²) in [6, 6.07) is 3.96. The first-order valence-electron chi connectivity index (χ1n) is 8.76. The monoisotopic (exact) mass is 430 g/mol. The molecule has 0 spiro atoms. The molecule has 1 aromatic carbocycles. The van der Waals surface area contributed by atoms with E-state index in [0.717, 1.165) is 53.9 Å². The Labute approximate surface area is 162 Å². The molecule has 1 saturated carbocycles. The zero-order valence-electron chi connectivity index (χ0n) is 14.1. The molecule has 0 aromatic heterocycles. The van der Waals surface area contributed by atoms with Crippen LogP contribution in [-0.4, -0.2) is 32.2 Å². The zero-order chi connectivity index (χ0) is 16.6. The number of hydrogen-bond donors (Lipinski definition) is 2. The summed E-state index contributed by atoms with van der Waals surface area (Å²) in [5.74, 6) is 2.18. The highest BCUT2D eigenvalue weighted by Gasteiger charge is 2.49. The number of nitrogens with one attached hydrogen (secondary N) is 2. The Morgan fingerprint density at radius 2 is 2.16 bits per heavy atom. The zero-order valence-corrected chi connectivity index (χ0v) is 16.5. The number of amides is 1. The lowest BCUT2D eigenvalue weighted by Crippen LogP contribution is -2.47. The highest BCUT2D eigenvalue weighted by atomic mass is 79.9. The van der Waals surface area contributed by atoms with Gasteiger partial charge in [0.25, 0.3) is 0 Å². The van der Waals surface area contributed by atoms with E-state index in [4.69, 9.17) is 9.47 Å². The molecule has 2 aliphatic heterocycles. The molecule has 25 heavy (non-hydrogen) atoms. The van der Waals surface area contributed by atoms with Crippen molar-refractivity contribution in [2.75, 3.05) is 26.3 Å². The Morgan fingerprint density at radius 3 is 3.04 bits per heavy atom. The smallest absolute Gasteiger partial charge is 0.228 e. The topological polar surface area (TPSA) is 59.6 Å². The van der Waals surface area contributed by atoms with Crippen LogP contribution in [0.3, 0.4) is 0 Å². The van der Waals surface area contributed by atoms with Crippen LogP contribution in [0, 0.1) is 11.3 Å². The molecule has 138 valence electrons. The van der Waals surface area contributed by atoms with Gasteiger partial charge in [0.1, 0.15) is 13.2 Å². The van der Waals surface area contributed by atoms with Crippen LogP contribution < -0.4 is 20.1 Å². The van der Waals surface area contributed by atoms with Crippen LogP contribution in [0.2, 0.25) is 0 Å². The second-order valence-electron chi connectivity index (χ2n) is 7.01. The molecule has 2 heterocycles. The predicted octanol–water partition coefficient (Wildman–Crippen LogP) is 3.04. The molecule has 0 radical (unpaired) electrons. The third kappa shape index (κ3) is 3.49. The van der Waals surface area contributed by atoms with E-state index in [9.17, 15) is 4.79 Å². The van der Waals surface area contributed by atoms with Crippen molar-refractivity contribution in [1.29, 1.82) is 0 Å². The summed E-state index contributed by atoms with van der Waals surface area (Å²) in [6.45, 7) is 3.43. The largest absolute Gasteiger partial charge is 0.486 e. The van der Waals surface area contributed by atoms with E-state index >= 15 is 0 Å². The number of ether oxygens (including phenoxy) is 2. The molecular weight excluding hydrogens is 408 g/mol. The van der Waals surface area contributed by atoms with Gasteiger partial charge >= 0.3 is 0 Å². The van der Waals surface area contributed by atoms with E-state index in [-0.39, 0.29) is 23.7 Å². The normalized spacial score (nSPS) is 27.2. The Bertz CT molecular complexity index is 657. The minimum atomic E-state index is -0.205. The maximum Gasteiger partial charge on any atom is 0.228 e. The number of fused-ring (bicyclic) bond motifs is 2. The molecule has 7 heteroatoms. The van der Waals surface area contributed by atoms with Crippen LogP contribution in [0.25, 0.3) is 0 Å². The molecule has 3 aliphatic rings. The number of benzene rings is 1. The van der Waals surface area contributed by atoms with Gasteiger partial charge in [-0.3, -0.25) is 4.79 Å². The van der Waals surface area contributed by atoms with Crippen LogP contribution in [0.5, 0.6) is 11.5 Å². The molecule has 2 N–H and O–H groups in total. The van der Waals surface area contributed by atoms with Gasteiger partial charge in [-0.05, 0) is 58.9 Å². The Morgan fingerprint density at radius 1 is 1.32 bits per heavy atom. The molecule has 4 rings (SSSR count). The van der Waals surface area contributed by atoms with E-state index in [0.29, 0.717) is 25.7 Å². The van der Waals surface area contributed by atoms with Crippen LogP contribution in [0.1, 0.15) is 31.2 Å². The highest BCUT2D eigenvalue weighted by Crippen LogP contribution is 2.44. The fourth-order valence-electron chi connectivity index (χ4n) is 4.32. The van der Waals surface area contributed by atoms with Crippen molar-refractivity contribution < 1.29 is 14.3 Å². The Balaban J connectivity index is 0.00000182. The van der Waals surface area contributed by atoms with Gasteiger partial charge in [0.2, 0.25) is 5.91 Å². The third-order valence-corrected chi connectivity index (χ3v) is 6.19. The van der Waals surface area contributed by atoms with E-state index in [2.05, 4.69) is 26.6 Å². The second kappa shape index (κ2) is 7.72. The van der Waals surface area contributed by atoms with Crippen molar-refractivity contribution in [3.8, 4) is 11.5 Å². The van der Waals surface area contributed by atoms with E-state index in [1.807, 2.05) is 12.1 Å². The van der Waals surface area contributed by atoms with Gasteiger partial charge in [0, 0.05) is 13.1 Å². The van der Waals surface area contributed by atoms with E-state index in [1.165, 1.54) is 6.42 Å². The minimum Gasteiger partial charge on any atom is -0.486 e. The maximum atomic E-state index is 12.9. The summed E-state index contributed by atoms with van der Waals surface area (Å²) < 4.78 is 12.2. The van der Waals surface area contributed by atoms with Crippen LogP contribution in [0.15, 0.2) is 16.6 Å². The molecule has 5 nitrogen and oxygen atoms in total. The van der Waals surface area contributed by atoms with E-state index < -0.39 is 0 Å². The first-order chi connectivity index (χ1) is 11.7. The second-order valence-corrected chi connectivity index (χ2v) is 7.87. The van der Waals surface area contributed by atoms with Crippen molar-refractivity contribution in [1.82, 2.24) is 10.6 Å². The fraction of sp³-hybridized carbons (Fsp3) is 0.611. The van der Waals surface area contributed by atoms with Crippen molar-refractivity contribution in [3.63, 3.8) is 0 Å². The number of carbonyl (C=O) groups excluding carboxylic acids is 1. The average molecular weight is 432 g/mol. The lowest BCUT2D eigenvalue weighted by molar-refractivity contribution is -0.134. The number of rotatable bonds is 3. The summed E-state index contributed by atoms with van der Waals surface area (Å²) >= 11 is 3.53. The number of hydrogen-bond acceptors (Lipinski definition) is 4. The summed E-state index contributed by atoms with van der Waals surface area (Å²) in [6.07, 6.45) is 4.56. The van der Waals surface area contributed by atoms with Crippen molar-refractivity contribution in [3.05, 3.63) is 22.2 Å². The molecule has 1 saturated heterocycles. The molecule has 0 bridgehead atoms. The molecule has 1 aliphatic carbocycles. The van der Waals surface area contributed by atoms with Crippen LogP contribution in [0.4, 0.5) is 0 Å². The molecule has 1 aromatic rings. The molecular formula is C18H24BrClN2O3. The van der Waals surface area contributed by atoms with Crippen LogP contribution in [-0.2, 0) is 11.3 Å². The maximum absolute atomic E-state index is 12.9. The molecule has 2 atom stereocenters. The van der Waals surface area contributed by atoms with Crippen molar-refractivity contribution >= 4 is 34.2 Å².